The number of halogens is 5. The molecule has 0 spiro atoms. The SMILES string of the molecule is N#Cc1cc(F)c(N2CCNCC2)cc1F.O=C(O)C(F)(F)F. The quantitative estimate of drug-likeness (QED) is 0.765. The van der Waals surface area contributed by atoms with Gasteiger partial charge in [0.1, 0.15) is 17.7 Å². The number of nitriles is 1. The molecule has 1 fully saturated rings. The number of aliphatic carboxylic acids is 1. The summed E-state index contributed by atoms with van der Waals surface area (Å²) in [7, 11) is 0. The third kappa shape index (κ3) is 5.37. The number of rotatable bonds is 1. The number of carbonyl (C=O) groups is 1. The van der Waals surface area contributed by atoms with Gasteiger partial charge in [-0.05, 0) is 6.07 Å². The monoisotopic (exact) mass is 337 g/mol. The zero-order valence-corrected chi connectivity index (χ0v) is 11.6. The molecule has 0 aromatic heterocycles. The standard InChI is InChI=1S/C11H11F2N3.C2HF3O2/c12-9-6-11(10(13)5-8(9)7-14)16-3-1-15-2-4-16;3-2(4,5)1(6)7/h5-6,15H,1-4H2;(H,6,7). The molecule has 0 saturated carbocycles. The molecular weight excluding hydrogens is 325 g/mol. The summed E-state index contributed by atoms with van der Waals surface area (Å²) < 4.78 is 58.7. The van der Waals surface area contributed by atoms with Gasteiger partial charge in [-0.25, -0.2) is 13.6 Å². The lowest BCUT2D eigenvalue weighted by molar-refractivity contribution is -0.192. The first kappa shape index (κ1) is 18.6. The maximum absolute atomic E-state index is 13.6. The zero-order valence-electron chi connectivity index (χ0n) is 11.6. The minimum Gasteiger partial charge on any atom is -0.475 e. The fraction of sp³-hybridized carbons (Fsp3) is 0.385. The van der Waals surface area contributed by atoms with Gasteiger partial charge < -0.3 is 15.3 Å². The molecule has 1 heterocycles. The number of hydrogen-bond acceptors (Lipinski definition) is 4. The first-order chi connectivity index (χ1) is 10.7. The Morgan fingerprint density at radius 3 is 2.17 bits per heavy atom. The lowest BCUT2D eigenvalue weighted by Gasteiger charge is -2.29. The molecule has 0 radical (unpaired) electrons. The average Bonchev–Trinajstić information content (AvgIpc) is 2.49. The van der Waals surface area contributed by atoms with Gasteiger partial charge >= 0.3 is 12.1 Å². The van der Waals surface area contributed by atoms with Gasteiger partial charge in [0.15, 0.2) is 0 Å². The first-order valence-electron chi connectivity index (χ1n) is 6.31. The van der Waals surface area contributed by atoms with Crippen LogP contribution >= 0.6 is 0 Å². The molecule has 1 aliphatic rings. The number of carboxylic acids is 1. The van der Waals surface area contributed by atoms with Crippen molar-refractivity contribution in [1.29, 1.82) is 5.26 Å². The van der Waals surface area contributed by atoms with Crippen LogP contribution < -0.4 is 10.2 Å². The van der Waals surface area contributed by atoms with E-state index in [1.165, 1.54) is 0 Å². The predicted octanol–water partition coefficient (Wildman–Crippen LogP) is 1.88. The van der Waals surface area contributed by atoms with Gasteiger partial charge in [0.25, 0.3) is 0 Å². The Morgan fingerprint density at radius 2 is 1.74 bits per heavy atom. The number of alkyl halides is 3. The van der Waals surface area contributed by atoms with Crippen LogP contribution in [0.4, 0.5) is 27.6 Å². The Kier molecular flexibility index (Phi) is 6.27. The van der Waals surface area contributed by atoms with Crippen LogP contribution in [-0.2, 0) is 4.79 Å². The summed E-state index contributed by atoms with van der Waals surface area (Å²) >= 11 is 0. The van der Waals surface area contributed by atoms with Crippen molar-refractivity contribution in [3.63, 3.8) is 0 Å². The molecule has 126 valence electrons. The van der Waals surface area contributed by atoms with E-state index >= 15 is 0 Å². The fourth-order valence-corrected chi connectivity index (χ4v) is 1.77. The summed E-state index contributed by atoms with van der Waals surface area (Å²) in [6.45, 7) is 2.78. The Hall–Kier alpha value is -2.41. The van der Waals surface area contributed by atoms with E-state index < -0.39 is 23.8 Å². The molecule has 0 bridgehead atoms. The summed E-state index contributed by atoms with van der Waals surface area (Å²) in [5, 5.41) is 18.8. The van der Waals surface area contributed by atoms with E-state index in [1.807, 2.05) is 0 Å². The Labute approximate surface area is 127 Å². The number of benzene rings is 1. The van der Waals surface area contributed by atoms with Gasteiger partial charge in [0.2, 0.25) is 0 Å². The number of nitrogens with one attached hydrogen (secondary N) is 1. The molecule has 23 heavy (non-hydrogen) atoms. The minimum atomic E-state index is -5.08. The summed E-state index contributed by atoms with van der Waals surface area (Å²) in [5.74, 6) is -3.97. The topological polar surface area (TPSA) is 76.4 Å². The van der Waals surface area contributed by atoms with E-state index in [2.05, 4.69) is 5.32 Å². The van der Waals surface area contributed by atoms with E-state index in [1.54, 1.807) is 11.0 Å². The third-order valence-electron chi connectivity index (χ3n) is 2.86. The highest BCUT2D eigenvalue weighted by atomic mass is 19.4. The first-order valence-corrected chi connectivity index (χ1v) is 6.31. The molecule has 10 heteroatoms. The van der Waals surface area contributed by atoms with Gasteiger partial charge in [0.05, 0.1) is 11.3 Å². The highest BCUT2D eigenvalue weighted by Crippen LogP contribution is 2.23. The normalized spacial score (nSPS) is 14.5. The number of anilines is 1. The van der Waals surface area contributed by atoms with E-state index in [-0.39, 0.29) is 11.3 Å². The predicted molar refractivity (Wildman–Crippen MR) is 69.8 cm³/mol. The molecule has 0 aliphatic carbocycles. The summed E-state index contributed by atoms with van der Waals surface area (Å²) in [6.07, 6.45) is -5.08. The highest BCUT2D eigenvalue weighted by Gasteiger charge is 2.38. The second-order valence-electron chi connectivity index (χ2n) is 4.44. The Balaban J connectivity index is 0.000000322. The van der Waals surface area contributed by atoms with Crippen LogP contribution in [-0.4, -0.2) is 43.4 Å². The summed E-state index contributed by atoms with van der Waals surface area (Å²) in [4.78, 5) is 10.7. The van der Waals surface area contributed by atoms with Crippen LogP contribution in [0.3, 0.4) is 0 Å². The minimum absolute atomic E-state index is 0.234. The molecule has 2 rings (SSSR count). The lowest BCUT2D eigenvalue weighted by atomic mass is 10.1. The van der Waals surface area contributed by atoms with Crippen LogP contribution in [0.1, 0.15) is 5.56 Å². The molecule has 1 aromatic carbocycles. The average molecular weight is 337 g/mol. The molecule has 1 aliphatic heterocycles. The van der Waals surface area contributed by atoms with Crippen LogP contribution in [0.2, 0.25) is 0 Å². The Bertz CT molecular complexity index is 607. The van der Waals surface area contributed by atoms with Crippen molar-refractivity contribution in [2.45, 2.75) is 6.18 Å². The largest absolute Gasteiger partial charge is 0.490 e. The van der Waals surface area contributed by atoms with Crippen molar-refractivity contribution in [1.82, 2.24) is 5.32 Å². The molecule has 1 saturated heterocycles. The molecule has 2 N–H and O–H groups in total. The van der Waals surface area contributed by atoms with E-state index in [0.29, 0.717) is 13.1 Å². The van der Waals surface area contributed by atoms with Crippen molar-refractivity contribution in [3.05, 3.63) is 29.3 Å². The van der Waals surface area contributed by atoms with E-state index in [4.69, 9.17) is 15.2 Å². The molecule has 1 aromatic rings. The van der Waals surface area contributed by atoms with Gasteiger partial charge in [-0.15, -0.1) is 0 Å². The van der Waals surface area contributed by atoms with Crippen LogP contribution in [0.5, 0.6) is 0 Å². The van der Waals surface area contributed by atoms with Crippen molar-refractivity contribution in [2.24, 2.45) is 0 Å². The Morgan fingerprint density at radius 1 is 1.22 bits per heavy atom. The second kappa shape index (κ2) is 7.73. The number of nitrogens with zero attached hydrogens (tertiary/aromatic N) is 2. The zero-order chi connectivity index (χ0) is 17.6. The van der Waals surface area contributed by atoms with Gasteiger partial charge in [0, 0.05) is 32.2 Å². The second-order valence-corrected chi connectivity index (χ2v) is 4.44. The van der Waals surface area contributed by atoms with Crippen molar-refractivity contribution < 1.29 is 31.9 Å². The fourth-order valence-electron chi connectivity index (χ4n) is 1.77. The summed E-state index contributed by atoms with van der Waals surface area (Å²) in [6, 6.07) is 3.67. The smallest absolute Gasteiger partial charge is 0.475 e. The lowest BCUT2D eigenvalue weighted by Crippen LogP contribution is -2.43. The molecule has 0 atom stereocenters. The molecule has 0 amide bonds. The number of carboxylic acid groups (broad SMARTS) is 1. The van der Waals surface area contributed by atoms with Gasteiger partial charge in [-0.2, -0.15) is 18.4 Å². The maximum Gasteiger partial charge on any atom is 0.490 e. The van der Waals surface area contributed by atoms with E-state index in [9.17, 15) is 22.0 Å². The third-order valence-corrected chi connectivity index (χ3v) is 2.86. The van der Waals surface area contributed by atoms with Crippen molar-refractivity contribution in [2.75, 3.05) is 31.1 Å². The van der Waals surface area contributed by atoms with Gasteiger partial charge in [-0.1, -0.05) is 0 Å². The molecular formula is C13H12F5N3O2. The highest BCUT2D eigenvalue weighted by molar-refractivity contribution is 5.73. The van der Waals surface area contributed by atoms with Crippen LogP contribution in [0.25, 0.3) is 0 Å². The van der Waals surface area contributed by atoms with Crippen molar-refractivity contribution in [3.8, 4) is 6.07 Å². The number of hydrogen-bond donors (Lipinski definition) is 2. The van der Waals surface area contributed by atoms with E-state index in [0.717, 1.165) is 25.2 Å². The maximum atomic E-state index is 13.6. The van der Waals surface area contributed by atoms with Crippen LogP contribution in [0.15, 0.2) is 12.1 Å². The van der Waals surface area contributed by atoms with Crippen molar-refractivity contribution >= 4 is 11.7 Å². The number of piperazine rings is 1. The molecule has 0 unspecified atom stereocenters. The summed E-state index contributed by atoms with van der Waals surface area (Å²) in [5.41, 5.74) is -0.0191. The van der Waals surface area contributed by atoms with Gasteiger partial charge in [-0.3, -0.25) is 0 Å². The molecule has 5 nitrogen and oxygen atoms in total. The van der Waals surface area contributed by atoms with Crippen LogP contribution in [0, 0.1) is 23.0 Å².